The van der Waals surface area contributed by atoms with E-state index in [2.05, 4.69) is 24.8 Å². The normalized spacial score (nSPS) is 22.1. The minimum atomic E-state index is -4.83. The number of phosphoric acid groups is 1. The third-order valence-corrected chi connectivity index (χ3v) is 4.85. The number of carboxylic acid groups (broad SMARTS) is 2. The second kappa shape index (κ2) is 13.3. The molecule has 0 amide bonds. The number of imidazole rings is 1. The second-order valence-electron chi connectivity index (χ2n) is 6.51. The van der Waals surface area contributed by atoms with E-state index in [0.717, 1.165) is 12.7 Å². The summed E-state index contributed by atoms with van der Waals surface area (Å²) < 4.78 is 21.8. The number of aliphatic hydroxyl groups is 2. The molecule has 0 unspecified atom stereocenters. The van der Waals surface area contributed by atoms with Crippen LogP contribution in [-0.4, -0.2) is 92.6 Å². The van der Waals surface area contributed by atoms with Gasteiger partial charge in [0, 0.05) is 0 Å². The van der Waals surface area contributed by atoms with Crippen molar-refractivity contribution in [3.8, 4) is 0 Å². The van der Waals surface area contributed by atoms with Crippen molar-refractivity contribution in [3.05, 3.63) is 12.7 Å². The van der Waals surface area contributed by atoms with E-state index in [-0.39, 0.29) is 41.6 Å². The zero-order valence-electron chi connectivity index (χ0n) is 18.2. The van der Waals surface area contributed by atoms with E-state index in [1.807, 2.05) is 0 Å². The molecule has 1 aliphatic rings. The first-order valence-corrected chi connectivity index (χ1v) is 10.1. The molecule has 0 bridgehead atoms. The van der Waals surface area contributed by atoms with Gasteiger partial charge in [-0.3, -0.25) is 13.9 Å². The van der Waals surface area contributed by atoms with Gasteiger partial charge in [0.1, 0.15) is 30.7 Å². The zero-order valence-corrected chi connectivity index (χ0v) is 19.1. The van der Waals surface area contributed by atoms with Crippen LogP contribution in [0.15, 0.2) is 12.7 Å². The highest BCUT2D eigenvalue weighted by molar-refractivity contribution is 7.46. The molecular weight excluding hydrogens is 501 g/mol. The maximum Gasteiger partial charge on any atom is 0.469 e. The summed E-state index contributed by atoms with van der Waals surface area (Å²) in [7, 11) is -4.83. The average molecular weight is 531 g/mol. The predicted molar refractivity (Wildman–Crippen MR) is 117 cm³/mol. The van der Waals surface area contributed by atoms with Gasteiger partial charge in [0.2, 0.25) is 0 Å². The summed E-state index contributed by atoms with van der Waals surface area (Å²) in [5.74, 6) is -2.87. The van der Waals surface area contributed by atoms with E-state index in [9.17, 15) is 29.5 Å². The maximum absolute atomic E-state index is 11.3. The summed E-state index contributed by atoms with van der Waals surface area (Å²) in [4.78, 5) is 51.6. The molecule has 0 aliphatic carbocycles. The van der Waals surface area contributed by atoms with Crippen molar-refractivity contribution in [2.24, 2.45) is 0 Å². The van der Waals surface area contributed by atoms with Crippen LogP contribution in [0, 0.1) is 0 Å². The first-order valence-electron chi connectivity index (χ1n) is 8.58. The van der Waals surface area contributed by atoms with Crippen LogP contribution in [0.25, 0.3) is 11.2 Å². The Labute approximate surface area is 196 Å². The monoisotopic (exact) mass is 531 g/mol. The molecule has 20 nitrogen and oxygen atoms in total. The number of nitrogens with one attached hydrogen (secondary N) is 1. The molecule has 1 saturated heterocycles. The van der Waals surface area contributed by atoms with Gasteiger partial charge in [-0.25, -0.2) is 24.3 Å². The van der Waals surface area contributed by atoms with E-state index in [4.69, 9.17) is 19.6 Å². The van der Waals surface area contributed by atoms with Crippen molar-refractivity contribution < 1.29 is 53.6 Å². The second-order valence-corrected chi connectivity index (χ2v) is 7.75. The van der Waals surface area contributed by atoms with Gasteiger partial charge in [-0.2, -0.15) is 0 Å². The fraction of sp³-hybridized carbons (Fsp3) is 0.500. The summed E-state index contributed by atoms with van der Waals surface area (Å²) >= 11 is 0. The van der Waals surface area contributed by atoms with Crippen LogP contribution >= 0.6 is 7.82 Å². The Bertz CT molecular complexity index is 1030. The number of carboxylic acids is 2. The molecule has 19 N–H and O–H groups in total. The molecule has 35 heavy (non-hydrogen) atoms. The van der Waals surface area contributed by atoms with Gasteiger partial charge in [0.05, 0.1) is 19.4 Å². The number of aliphatic carboxylic acids is 2. The lowest BCUT2D eigenvalue weighted by Crippen LogP contribution is -2.33. The number of anilines is 1. The van der Waals surface area contributed by atoms with Gasteiger partial charge in [-0.15, -0.1) is 0 Å². The molecule has 5 atom stereocenters. The minimum Gasteiger partial charge on any atom is -0.481 e. The number of carbonyl (C=O) groups is 2. The zero-order chi connectivity index (χ0) is 22.9. The third kappa shape index (κ3) is 7.81. The van der Waals surface area contributed by atoms with Crippen molar-refractivity contribution in [2.45, 2.75) is 37.0 Å². The van der Waals surface area contributed by atoms with E-state index in [1.54, 1.807) is 0 Å². The van der Waals surface area contributed by atoms with Gasteiger partial charge in [0.25, 0.3) is 0 Å². The Morgan fingerprint density at radius 1 is 1.11 bits per heavy atom. The van der Waals surface area contributed by atoms with Crippen LogP contribution in [0.4, 0.5) is 5.82 Å². The molecule has 0 radical (unpaired) electrons. The first kappa shape index (κ1) is 34.3. The van der Waals surface area contributed by atoms with Crippen molar-refractivity contribution in [1.82, 2.24) is 44.1 Å². The van der Waals surface area contributed by atoms with E-state index in [0.29, 0.717) is 0 Å². The molecule has 202 valence electrons. The van der Waals surface area contributed by atoms with Crippen molar-refractivity contribution in [1.29, 1.82) is 0 Å². The van der Waals surface area contributed by atoms with Crippen LogP contribution in [-0.2, 0) is 23.4 Å². The lowest BCUT2D eigenvalue weighted by Gasteiger charge is -2.17. The molecule has 0 spiro atoms. The molecule has 2 aromatic heterocycles. The average Bonchev–Trinajstić information content (AvgIpc) is 3.21. The number of aromatic nitrogens is 4. The number of phosphoric ester groups is 1. The maximum atomic E-state index is 11.3. The number of hydrogen-bond acceptors (Lipinski definition) is 15. The fourth-order valence-corrected chi connectivity index (χ4v) is 3.29. The van der Waals surface area contributed by atoms with E-state index in [1.165, 1.54) is 4.57 Å². The Hall–Kier alpha value is -2.88. The molecule has 21 heteroatoms. The largest absolute Gasteiger partial charge is 0.481 e. The summed E-state index contributed by atoms with van der Waals surface area (Å²) in [6, 6.07) is -1.51. The number of rotatable bonds is 9. The predicted octanol–water partition coefficient (Wildman–Crippen LogP) is -1.46. The van der Waals surface area contributed by atoms with Gasteiger partial charge < -0.3 is 64.9 Å². The summed E-state index contributed by atoms with van der Waals surface area (Å²) in [5, 5.41) is 40.9. The highest BCUT2D eigenvalue weighted by atomic mass is 31.2. The minimum absolute atomic E-state index is 0. The molecule has 3 rings (SSSR count). The number of fused-ring (bicyclic) bond motifs is 1. The molecule has 1 aliphatic heterocycles. The fourth-order valence-electron chi connectivity index (χ4n) is 2.95. The Balaban J connectivity index is 0. The van der Waals surface area contributed by atoms with Gasteiger partial charge in [-0.05, 0) is 0 Å². The highest BCUT2D eigenvalue weighted by Crippen LogP contribution is 2.39. The Kier molecular flexibility index (Phi) is 13.0. The van der Waals surface area contributed by atoms with Gasteiger partial charge >= 0.3 is 19.8 Å². The topological polar surface area (TPSA) is 387 Å². The van der Waals surface area contributed by atoms with Crippen LogP contribution < -0.4 is 29.9 Å². The summed E-state index contributed by atoms with van der Waals surface area (Å²) in [5.41, 5.74) is 0.0733. The molecule has 1 fully saturated rings. The molecule has 0 saturated carbocycles. The Morgan fingerprint density at radius 3 is 2.29 bits per heavy atom. The lowest BCUT2D eigenvalue weighted by atomic mass is 10.1. The number of aliphatic hydroxyl groups excluding tert-OH is 2. The van der Waals surface area contributed by atoms with Gasteiger partial charge in [-0.1, -0.05) is 0 Å². The SMILES string of the molecule is N.N.N.N.O=C(O)C[C@H](Nc1ncnc2c1ncn2[C@@H]1O[C@H](COP(=O)(O)O)[C@@H](O)[C@H]1O)C(=O)O. The number of ether oxygens (including phenoxy) is 1. The third-order valence-electron chi connectivity index (χ3n) is 4.36. The van der Waals surface area contributed by atoms with Crippen molar-refractivity contribution in [3.63, 3.8) is 0 Å². The van der Waals surface area contributed by atoms with Crippen LogP contribution in [0.3, 0.4) is 0 Å². The lowest BCUT2D eigenvalue weighted by molar-refractivity contribution is -0.144. The standard InChI is InChI=1S/C14H18N5O11P.4H3N/c20-7(21)1-5(14(24)25)18-11-8-12(16-3-15-11)19(4-17-8)13-10(23)9(22)6(30-13)2-29-31(26,27)28;;;;/h3-6,9-10,13,22-23H,1-2H2,(H,20,21)(H,24,25)(H,15,16,18)(H2,26,27,28);4*1H3/t5-,6+,9+,10+,13+;;;;/m0..../s1. The highest BCUT2D eigenvalue weighted by Gasteiger charge is 2.45. The summed E-state index contributed by atoms with van der Waals surface area (Å²) in [6.07, 6.45) is -4.20. The van der Waals surface area contributed by atoms with Crippen LogP contribution in [0.1, 0.15) is 12.6 Å². The molecule has 0 aromatic carbocycles. The smallest absolute Gasteiger partial charge is 0.469 e. The van der Waals surface area contributed by atoms with Crippen molar-refractivity contribution in [2.75, 3.05) is 11.9 Å². The first-order chi connectivity index (χ1) is 14.5. The van der Waals surface area contributed by atoms with Crippen LogP contribution in [0.5, 0.6) is 0 Å². The quantitative estimate of drug-likeness (QED) is 0.164. The van der Waals surface area contributed by atoms with Gasteiger partial charge in [0.15, 0.2) is 23.2 Å². The van der Waals surface area contributed by atoms with Crippen LogP contribution in [0.2, 0.25) is 0 Å². The molecule has 3 heterocycles. The van der Waals surface area contributed by atoms with E-state index < -0.39 is 63.4 Å². The number of hydrogen-bond donors (Lipinski definition) is 11. The molecular formula is C14H30N9O11P. The Morgan fingerprint density at radius 2 is 1.74 bits per heavy atom. The van der Waals surface area contributed by atoms with E-state index >= 15 is 0 Å². The van der Waals surface area contributed by atoms with Crippen molar-refractivity contribution >= 4 is 36.7 Å². The number of nitrogens with zero attached hydrogens (tertiary/aromatic N) is 4. The summed E-state index contributed by atoms with van der Waals surface area (Å²) in [6.45, 7) is -0.705. The molecule has 2 aromatic rings.